The number of hydrogen-bond acceptors (Lipinski definition) is 5. The number of nitrogens with one attached hydrogen (secondary N) is 1. The van der Waals surface area contributed by atoms with Gasteiger partial charge >= 0.3 is 0 Å². The van der Waals surface area contributed by atoms with Crippen molar-refractivity contribution in [1.82, 2.24) is 10.3 Å². The minimum absolute atomic E-state index is 0.684. The van der Waals surface area contributed by atoms with Gasteiger partial charge in [-0.3, -0.25) is 0 Å². The number of nitrogens with zero attached hydrogens (tertiary/aromatic N) is 2. The third-order valence-corrected chi connectivity index (χ3v) is 4.93. The van der Waals surface area contributed by atoms with Gasteiger partial charge in [0.1, 0.15) is 0 Å². The molecule has 0 spiro atoms. The van der Waals surface area contributed by atoms with Gasteiger partial charge in [-0.1, -0.05) is 0 Å². The number of thiazole rings is 1. The third-order valence-electron chi connectivity index (χ3n) is 2.65. The highest BCUT2D eigenvalue weighted by Gasteiger charge is 2.13. The summed E-state index contributed by atoms with van der Waals surface area (Å²) in [4.78, 5) is 6.63. The van der Waals surface area contributed by atoms with Crippen LogP contribution >= 0.6 is 23.1 Å². The van der Waals surface area contributed by atoms with Crippen molar-refractivity contribution in [3.63, 3.8) is 0 Å². The van der Waals surface area contributed by atoms with Crippen LogP contribution in [0.2, 0.25) is 0 Å². The van der Waals surface area contributed by atoms with Crippen LogP contribution in [0.1, 0.15) is 18.5 Å². The van der Waals surface area contributed by atoms with E-state index in [1.54, 1.807) is 11.3 Å². The summed E-state index contributed by atoms with van der Waals surface area (Å²) in [6.07, 6.45) is 2.67. The summed E-state index contributed by atoms with van der Waals surface area (Å²) >= 11 is 3.77. The first kappa shape index (κ1) is 12.2. The molecule has 1 aliphatic rings. The Kier molecular flexibility index (Phi) is 4.49. The van der Waals surface area contributed by atoms with Crippen LogP contribution in [0.3, 0.4) is 0 Å². The zero-order chi connectivity index (χ0) is 11.4. The van der Waals surface area contributed by atoms with E-state index in [1.165, 1.54) is 30.0 Å². The molecule has 0 bridgehead atoms. The van der Waals surface area contributed by atoms with Crippen LogP contribution in [0, 0.1) is 0 Å². The van der Waals surface area contributed by atoms with Crippen molar-refractivity contribution in [2.24, 2.45) is 0 Å². The fraction of sp³-hybridized carbons (Fsp3) is 0.727. The van der Waals surface area contributed by atoms with Gasteiger partial charge in [-0.25, -0.2) is 4.98 Å². The molecule has 0 aliphatic carbocycles. The molecule has 1 aromatic rings. The maximum Gasteiger partial charge on any atom is 0.185 e. The summed E-state index contributed by atoms with van der Waals surface area (Å²) in [5.41, 5.74) is 1.17. The molecule has 0 aromatic carbocycles. The first-order valence-electron chi connectivity index (χ1n) is 5.68. The molecule has 1 aliphatic heterocycles. The van der Waals surface area contributed by atoms with Gasteiger partial charge in [0.25, 0.3) is 0 Å². The van der Waals surface area contributed by atoms with E-state index in [-0.39, 0.29) is 0 Å². The van der Waals surface area contributed by atoms with Crippen molar-refractivity contribution in [3.05, 3.63) is 11.1 Å². The van der Waals surface area contributed by atoms with Crippen molar-refractivity contribution < 1.29 is 0 Å². The van der Waals surface area contributed by atoms with E-state index in [1.807, 2.05) is 14.1 Å². The average molecular weight is 257 g/mol. The third kappa shape index (κ3) is 3.37. The lowest BCUT2D eigenvalue weighted by Crippen LogP contribution is -2.33. The van der Waals surface area contributed by atoms with Gasteiger partial charge in [-0.15, -0.1) is 11.3 Å². The van der Waals surface area contributed by atoms with Crippen molar-refractivity contribution in [2.75, 3.05) is 30.5 Å². The van der Waals surface area contributed by atoms with Gasteiger partial charge in [-0.2, -0.15) is 11.8 Å². The van der Waals surface area contributed by atoms with Crippen LogP contribution in [0.15, 0.2) is 5.38 Å². The first-order valence-corrected chi connectivity index (χ1v) is 7.72. The lowest BCUT2D eigenvalue weighted by atomic mass is 10.2. The predicted octanol–water partition coefficient (Wildman–Crippen LogP) is 2.19. The second-order valence-corrected chi connectivity index (χ2v) is 6.30. The van der Waals surface area contributed by atoms with Crippen LogP contribution in [0.5, 0.6) is 0 Å². The molecule has 90 valence electrons. The van der Waals surface area contributed by atoms with E-state index >= 15 is 0 Å². The van der Waals surface area contributed by atoms with E-state index in [0.717, 1.165) is 11.7 Å². The molecular formula is C11H19N3S2. The monoisotopic (exact) mass is 257 g/mol. The van der Waals surface area contributed by atoms with Crippen LogP contribution in [0.25, 0.3) is 0 Å². The fourth-order valence-electron chi connectivity index (χ4n) is 1.73. The van der Waals surface area contributed by atoms with E-state index in [2.05, 4.69) is 32.3 Å². The molecule has 1 atom stereocenters. The average Bonchev–Trinajstić information content (AvgIpc) is 2.76. The maximum absolute atomic E-state index is 4.57. The zero-order valence-corrected chi connectivity index (χ0v) is 11.5. The number of aromatic nitrogens is 1. The highest BCUT2D eigenvalue weighted by atomic mass is 32.2. The Morgan fingerprint density at radius 2 is 2.44 bits per heavy atom. The summed E-state index contributed by atoms with van der Waals surface area (Å²) in [6.45, 7) is 0.912. The second-order valence-electron chi connectivity index (χ2n) is 4.31. The molecular weight excluding hydrogens is 238 g/mol. The summed E-state index contributed by atoms with van der Waals surface area (Å²) in [6, 6.07) is 0.684. The molecule has 16 heavy (non-hydrogen) atoms. The zero-order valence-electron chi connectivity index (χ0n) is 9.90. The topological polar surface area (TPSA) is 28.2 Å². The lowest BCUT2D eigenvalue weighted by molar-refractivity contribution is 0.504. The maximum atomic E-state index is 4.57. The highest BCUT2D eigenvalue weighted by molar-refractivity contribution is 7.99. The SMILES string of the molecule is CN(C)c1nc(CNC2CCCSC2)cs1. The highest BCUT2D eigenvalue weighted by Crippen LogP contribution is 2.19. The smallest absolute Gasteiger partial charge is 0.185 e. The Labute approximate surface area is 106 Å². The molecule has 1 unspecified atom stereocenters. The van der Waals surface area contributed by atoms with Gasteiger partial charge in [0, 0.05) is 37.8 Å². The number of thioether (sulfide) groups is 1. The summed E-state index contributed by atoms with van der Waals surface area (Å²) in [5, 5.41) is 6.84. The van der Waals surface area contributed by atoms with E-state index in [9.17, 15) is 0 Å². The lowest BCUT2D eigenvalue weighted by Gasteiger charge is -2.22. The molecule has 2 rings (SSSR count). The van der Waals surface area contributed by atoms with Crippen LogP contribution in [0.4, 0.5) is 5.13 Å². The normalized spacial score (nSPS) is 21.0. The van der Waals surface area contributed by atoms with Gasteiger partial charge < -0.3 is 10.2 Å². The van der Waals surface area contributed by atoms with Gasteiger partial charge in [0.15, 0.2) is 5.13 Å². The number of anilines is 1. The Balaban J connectivity index is 1.79. The molecule has 3 nitrogen and oxygen atoms in total. The standard InChI is InChI=1S/C11H19N3S2/c1-14(2)11-13-10(8-16-11)6-12-9-4-3-5-15-7-9/h8-9,12H,3-7H2,1-2H3. The summed E-state index contributed by atoms with van der Waals surface area (Å²) in [5.74, 6) is 2.59. The minimum atomic E-state index is 0.684. The van der Waals surface area contributed by atoms with Gasteiger partial charge in [-0.05, 0) is 18.6 Å². The second kappa shape index (κ2) is 5.89. The fourth-order valence-corrected chi connectivity index (χ4v) is 3.60. The number of hydrogen-bond donors (Lipinski definition) is 1. The van der Waals surface area contributed by atoms with E-state index < -0.39 is 0 Å². The summed E-state index contributed by atoms with van der Waals surface area (Å²) in [7, 11) is 4.07. The van der Waals surface area contributed by atoms with Crippen molar-refractivity contribution in [3.8, 4) is 0 Å². The Hall–Kier alpha value is -0.260. The van der Waals surface area contributed by atoms with Crippen molar-refractivity contribution in [1.29, 1.82) is 0 Å². The van der Waals surface area contributed by atoms with Crippen molar-refractivity contribution in [2.45, 2.75) is 25.4 Å². The molecule has 1 N–H and O–H groups in total. The molecule has 0 amide bonds. The molecule has 1 fully saturated rings. The van der Waals surface area contributed by atoms with Crippen molar-refractivity contribution >= 4 is 28.2 Å². The molecule has 0 saturated carbocycles. The van der Waals surface area contributed by atoms with E-state index in [0.29, 0.717) is 6.04 Å². The Morgan fingerprint density at radius 1 is 1.56 bits per heavy atom. The number of rotatable bonds is 4. The molecule has 1 saturated heterocycles. The van der Waals surface area contributed by atoms with Gasteiger partial charge in [0.2, 0.25) is 0 Å². The predicted molar refractivity (Wildman–Crippen MR) is 73.6 cm³/mol. The molecule has 2 heterocycles. The summed E-state index contributed by atoms with van der Waals surface area (Å²) < 4.78 is 0. The quantitative estimate of drug-likeness (QED) is 0.895. The van der Waals surface area contributed by atoms with E-state index in [4.69, 9.17) is 0 Å². The van der Waals surface area contributed by atoms with Crippen LogP contribution < -0.4 is 10.2 Å². The molecule has 1 aromatic heterocycles. The Morgan fingerprint density at radius 3 is 3.06 bits per heavy atom. The molecule has 0 radical (unpaired) electrons. The minimum Gasteiger partial charge on any atom is -0.354 e. The largest absolute Gasteiger partial charge is 0.354 e. The van der Waals surface area contributed by atoms with Crippen LogP contribution in [-0.4, -0.2) is 36.6 Å². The first-order chi connectivity index (χ1) is 7.75. The van der Waals surface area contributed by atoms with Crippen LogP contribution in [-0.2, 0) is 6.54 Å². The molecule has 5 heteroatoms. The Bertz CT molecular complexity index is 319. The van der Waals surface area contributed by atoms with Gasteiger partial charge in [0.05, 0.1) is 5.69 Å².